The Morgan fingerprint density at radius 2 is 1.96 bits per heavy atom. The molecule has 1 aromatic carbocycles. The van der Waals surface area contributed by atoms with Crippen LogP contribution in [-0.4, -0.2) is 28.1 Å². The molecule has 0 radical (unpaired) electrons. The number of hydrogen-bond donors (Lipinski definition) is 1. The Labute approximate surface area is 156 Å². The lowest BCUT2D eigenvalue weighted by atomic mass is 10.0. The van der Waals surface area contributed by atoms with E-state index in [0.29, 0.717) is 23.4 Å². The highest BCUT2D eigenvalue weighted by Gasteiger charge is 2.25. The van der Waals surface area contributed by atoms with E-state index in [-0.39, 0.29) is 5.82 Å². The molecule has 0 unspecified atom stereocenters. The lowest BCUT2D eigenvalue weighted by molar-refractivity contribution is -0.124. The van der Waals surface area contributed by atoms with Crippen LogP contribution in [-0.2, 0) is 9.53 Å². The maximum Gasteiger partial charge on any atom is 0.341 e. The molecule has 0 saturated carbocycles. The van der Waals surface area contributed by atoms with Gasteiger partial charge in [-0.2, -0.15) is 0 Å². The van der Waals surface area contributed by atoms with Crippen LogP contribution in [0.5, 0.6) is 0 Å². The van der Waals surface area contributed by atoms with Gasteiger partial charge in [-0.15, -0.1) is 0 Å². The number of aromatic nitrogens is 2. The van der Waals surface area contributed by atoms with Gasteiger partial charge in [0.2, 0.25) is 0 Å². The molecule has 7 heteroatoms. The second-order valence-corrected chi connectivity index (χ2v) is 6.33. The van der Waals surface area contributed by atoms with Crippen LogP contribution in [0.4, 0.5) is 5.82 Å². The Morgan fingerprint density at radius 3 is 2.63 bits per heavy atom. The lowest BCUT2D eigenvalue weighted by Crippen LogP contribution is -2.32. The first-order chi connectivity index (χ1) is 12.9. The van der Waals surface area contributed by atoms with Crippen molar-refractivity contribution in [3.8, 4) is 0 Å². The third-order valence-electron chi connectivity index (χ3n) is 4.33. The van der Waals surface area contributed by atoms with Gasteiger partial charge in [0.05, 0.1) is 16.8 Å². The van der Waals surface area contributed by atoms with Crippen molar-refractivity contribution in [2.45, 2.75) is 40.2 Å². The van der Waals surface area contributed by atoms with E-state index in [2.05, 4.69) is 15.5 Å². The zero-order valence-corrected chi connectivity index (χ0v) is 15.7. The van der Waals surface area contributed by atoms with Crippen LogP contribution < -0.4 is 5.32 Å². The molecule has 0 aliphatic rings. The van der Waals surface area contributed by atoms with Gasteiger partial charge >= 0.3 is 5.97 Å². The van der Waals surface area contributed by atoms with Crippen LogP contribution in [0.25, 0.3) is 10.9 Å². The van der Waals surface area contributed by atoms with Gasteiger partial charge in [-0.25, -0.2) is 4.79 Å². The Hall–Kier alpha value is -3.22. The summed E-state index contributed by atoms with van der Waals surface area (Å²) in [5.74, 6) is -0.166. The maximum atomic E-state index is 12.8. The van der Waals surface area contributed by atoms with Crippen LogP contribution in [0, 0.1) is 20.8 Å². The number of carbonyl (C=O) groups is 2. The number of pyridine rings is 1. The molecule has 7 nitrogen and oxygen atoms in total. The second-order valence-electron chi connectivity index (χ2n) is 6.33. The molecule has 0 spiro atoms. The highest BCUT2D eigenvalue weighted by molar-refractivity contribution is 6.00. The fraction of sp³-hybridized carbons (Fsp3) is 0.300. The van der Waals surface area contributed by atoms with Gasteiger partial charge in [-0.05, 0) is 38.8 Å². The number of carbonyl (C=O) groups excluding carboxylic acids is 2. The number of aryl methyl sites for hydroxylation is 3. The maximum absolute atomic E-state index is 12.8. The summed E-state index contributed by atoms with van der Waals surface area (Å²) in [5.41, 5.74) is 2.55. The molecule has 3 aromatic rings. The topological polar surface area (TPSA) is 94.3 Å². The van der Waals surface area contributed by atoms with E-state index in [1.54, 1.807) is 26.8 Å². The van der Waals surface area contributed by atoms with Gasteiger partial charge in [0.15, 0.2) is 11.9 Å². The number of rotatable bonds is 5. The van der Waals surface area contributed by atoms with Crippen molar-refractivity contribution in [3.05, 3.63) is 52.9 Å². The molecular weight excluding hydrogens is 346 g/mol. The monoisotopic (exact) mass is 367 g/mol. The first-order valence-electron chi connectivity index (χ1n) is 8.71. The first-order valence-corrected chi connectivity index (χ1v) is 8.71. The smallest absolute Gasteiger partial charge is 0.341 e. The van der Waals surface area contributed by atoms with Gasteiger partial charge in [0.1, 0.15) is 5.76 Å². The molecule has 0 bridgehead atoms. The summed E-state index contributed by atoms with van der Waals surface area (Å²) in [6.45, 7) is 7.10. The summed E-state index contributed by atoms with van der Waals surface area (Å²) in [6, 6.07) is 9.18. The van der Waals surface area contributed by atoms with Crippen molar-refractivity contribution >= 4 is 28.6 Å². The second kappa shape index (κ2) is 7.57. The molecule has 0 aliphatic carbocycles. The standard InChI is InChI=1S/C20H21N3O4/c1-5-16(19(24)22-17-10-11(2)27-23-17)26-20(25)18-12(3)14-8-6-7-9-15(14)21-13(18)4/h6-10,16H,5H2,1-4H3,(H,22,23,24)/t16-/m0/s1. The third kappa shape index (κ3) is 3.81. The van der Waals surface area contributed by atoms with Crippen LogP contribution in [0.2, 0.25) is 0 Å². The minimum absolute atomic E-state index is 0.284. The number of ether oxygens (including phenoxy) is 1. The van der Waals surface area contributed by atoms with Crippen LogP contribution in [0.1, 0.15) is 40.7 Å². The summed E-state index contributed by atoms with van der Waals surface area (Å²) in [4.78, 5) is 29.7. The van der Waals surface area contributed by atoms with Crippen LogP contribution >= 0.6 is 0 Å². The summed E-state index contributed by atoms with van der Waals surface area (Å²) < 4.78 is 10.4. The fourth-order valence-electron chi connectivity index (χ4n) is 2.97. The molecule has 0 aliphatic heterocycles. The van der Waals surface area contributed by atoms with E-state index >= 15 is 0 Å². The Kier molecular flexibility index (Phi) is 5.21. The predicted octanol–water partition coefficient (Wildman–Crippen LogP) is 3.72. The molecule has 2 heterocycles. The van der Waals surface area contributed by atoms with Gasteiger partial charge in [-0.1, -0.05) is 30.3 Å². The van der Waals surface area contributed by atoms with Gasteiger partial charge in [0, 0.05) is 11.5 Å². The lowest BCUT2D eigenvalue weighted by Gasteiger charge is -2.17. The molecule has 2 aromatic heterocycles. The van der Waals surface area contributed by atoms with E-state index in [1.165, 1.54) is 0 Å². The minimum atomic E-state index is -0.945. The zero-order valence-electron chi connectivity index (χ0n) is 15.7. The molecular formula is C20H21N3O4. The highest BCUT2D eigenvalue weighted by atomic mass is 16.5. The molecule has 0 fully saturated rings. The van der Waals surface area contributed by atoms with Crippen molar-refractivity contribution in [3.63, 3.8) is 0 Å². The molecule has 0 saturated heterocycles. The zero-order chi connectivity index (χ0) is 19.6. The summed E-state index contributed by atoms with van der Waals surface area (Å²) in [6.07, 6.45) is -0.618. The molecule has 1 N–H and O–H groups in total. The molecule has 27 heavy (non-hydrogen) atoms. The first kappa shape index (κ1) is 18.6. The SMILES string of the molecule is CC[C@H](OC(=O)c1c(C)nc2ccccc2c1C)C(=O)Nc1cc(C)on1. The van der Waals surface area contributed by atoms with Crippen molar-refractivity contribution in [2.75, 3.05) is 5.32 Å². The number of esters is 1. The van der Waals surface area contributed by atoms with E-state index < -0.39 is 18.0 Å². The van der Waals surface area contributed by atoms with Crippen molar-refractivity contribution < 1.29 is 18.8 Å². The summed E-state index contributed by atoms with van der Waals surface area (Å²) >= 11 is 0. The Bertz CT molecular complexity index is 1010. The fourth-order valence-corrected chi connectivity index (χ4v) is 2.97. The number of anilines is 1. The van der Waals surface area contributed by atoms with Crippen molar-refractivity contribution in [1.82, 2.24) is 10.1 Å². The van der Waals surface area contributed by atoms with E-state index in [9.17, 15) is 9.59 Å². The highest BCUT2D eigenvalue weighted by Crippen LogP contribution is 2.24. The molecule has 140 valence electrons. The van der Waals surface area contributed by atoms with E-state index in [0.717, 1.165) is 16.5 Å². The molecule has 1 amide bonds. The number of hydrogen-bond acceptors (Lipinski definition) is 6. The Morgan fingerprint density at radius 1 is 1.22 bits per heavy atom. The number of fused-ring (bicyclic) bond motifs is 1. The van der Waals surface area contributed by atoms with Crippen molar-refractivity contribution in [1.29, 1.82) is 0 Å². The number of amides is 1. The van der Waals surface area contributed by atoms with Crippen LogP contribution in [0.3, 0.4) is 0 Å². The number of benzene rings is 1. The van der Waals surface area contributed by atoms with Gasteiger partial charge in [-0.3, -0.25) is 9.78 Å². The van der Waals surface area contributed by atoms with Gasteiger partial charge in [0.25, 0.3) is 5.91 Å². The summed E-state index contributed by atoms with van der Waals surface area (Å²) in [5, 5.41) is 7.19. The molecule has 1 atom stereocenters. The minimum Gasteiger partial charge on any atom is -0.449 e. The quantitative estimate of drug-likeness (QED) is 0.691. The number of para-hydroxylation sites is 1. The average Bonchev–Trinajstić information content (AvgIpc) is 3.04. The largest absolute Gasteiger partial charge is 0.449 e. The van der Waals surface area contributed by atoms with Gasteiger partial charge < -0.3 is 14.6 Å². The molecule has 3 rings (SSSR count). The predicted molar refractivity (Wildman–Crippen MR) is 101 cm³/mol. The number of nitrogens with one attached hydrogen (secondary N) is 1. The number of nitrogens with zero attached hydrogens (tertiary/aromatic N) is 2. The average molecular weight is 367 g/mol. The van der Waals surface area contributed by atoms with Crippen LogP contribution in [0.15, 0.2) is 34.9 Å². The normalized spacial score (nSPS) is 12.0. The Balaban J connectivity index is 1.82. The van der Waals surface area contributed by atoms with Crippen molar-refractivity contribution in [2.24, 2.45) is 0 Å². The van der Waals surface area contributed by atoms with E-state index in [1.807, 2.05) is 31.2 Å². The van der Waals surface area contributed by atoms with E-state index in [4.69, 9.17) is 9.26 Å². The third-order valence-corrected chi connectivity index (χ3v) is 4.33. The summed E-state index contributed by atoms with van der Waals surface area (Å²) in [7, 11) is 0.